The number of rotatable bonds is 4. The van der Waals surface area contributed by atoms with Crippen molar-refractivity contribution in [3.05, 3.63) is 59.5 Å². The fraction of sp³-hybridized carbons (Fsp3) is 0.0625. The number of hydrogen-bond donors (Lipinski definition) is 3. The summed E-state index contributed by atoms with van der Waals surface area (Å²) < 4.78 is 0. The van der Waals surface area contributed by atoms with Crippen molar-refractivity contribution >= 4 is 40.4 Å². The van der Waals surface area contributed by atoms with Gasteiger partial charge >= 0.3 is 0 Å². The molecule has 7 heteroatoms. The Morgan fingerprint density at radius 1 is 1.00 bits per heavy atom. The second-order valence-electron chi connectivity index (χ2n) is 4.91. The van der Waals surface area contributed by atoms with Crippen LogP contribution in [0.3, 0.4) is 0 Å². The van der Waals surface area contributed by atoms with Crippen molar-refractivity contribution in [2.75, 3.05) is 16.4 Å². The van der Waals surface area contributed by atoms with E-state index in [1.807, 2.05) is 43.3 Å². The Hall–Kier alpha value is -2.86. The lowest BCUT2D eigenvalue weighted by molar-refractivity contribution is 1.16. The van der Waals surface area contributed by atoms with Crippen LogP contribution in [0.15, 0.2) is 48.9 Å². The minimum absolute atomic E-state index is 0.398. The average molecular weight is 327 g/mol. The maximum absolute atomic E-state index is 6.14. The first kappa shape index (κ1) is 15.1. The lowest BCUT2D eigenvalue weighted by Crippen LogP contribution is -2.05. The maximum atomic E-state index is 6.14. The Morgan fingerprint density at radius 3 is 2.48 bits per heavy atom. The summed E-state index contributed by atoms with van der Waals surface area (Å²) in [7, 11) is 0. The van der Waals surface area contributed by atoms with E-state index in [0.717, 1.165) is 11.3 Å². The van der Waals surface area contributed by atoms with Gasteiger partial charge in [0.1, 0.15) is 17.8 Å². The summed E-state index contributed by atoms with van der Waals surface area (Å²) >= 11 is 6.13. The van der Waals surface area contributed by atoms with E-state index in [0.29, 0.717) is 28.2 Å². The highest BCUT2D eigenvalue weighted by Crippen LogP contribution is 2.29. The molecule has 0 radical (unpaired) electrons. The summed E-state index contributed by atoms with van der Waals surface area (Å²) in [5.74, 6) is 1.64. The van der Waals surface area contributed by atoms with Crippen LogP contribution in [0.1, 0.15) is 5.56 Å². The first-order valence-corrected chi connectivity index (χ1v) is 7.33. The van der Waals surface area contributed by atoms with Crippen LogP contribution in [0.4, 0.5) is 28.8 Å². The van der Waals surface area contributed by atoms with E-state index in [1.165, 1.54) is 6.33 Å². The number of hydrogen-bond acceptors (Lipinski definition) is 6. The van der Waals surface area contributed by atoms with E-state index in [-0.39, 0.29) is 0 Å². The highest BCUT2D eigenvalue weighted by Gasteiger charge is 2.09. The predicted octanol–water partition coefficient (Wildman–Crippen LogP) is 3.90. The molecular weight excluding hydrogens is 312 g/mol. The van der Waals surface area contributed by atoms with E-state index in [4.69, 9.17) is 17.3 Å². The quantitative estimate of drug-likeness (QED) is 0.673. The number of benzene rings is 1. The Kier molecular flexibility index (Phi) is 4.25. The predicted molar refractivity (Wildman–Crippen MR) is 93.4 cm³/mol. The van der Waals surface area contributed by atoms with E-state index in [9.17, 15) is 0 Å². The molecular formula is C16H15ClN6. The smallest absolute Gasteiger partial charge is 0.160 e. The van der Waals surface area contributed by atoms with Gasteiger partial charge in [-0.1, -0.05) is 23.7 Å². The molecule has 0 saturated carbocycles. The van der Waals surface area contributed by atoms with Crippen molar-refractivity contribution in [2.45, 2.75) is 6.92 Å². The molecule has 0 aliphatic heterocycles. The lowest BCUT2D eigenvalue weighted by atomic mass is 10.2. The van der Waals surface area contributed by atoms with E-state index in [1.54, 1.807) is 6.20 Å². The Morgan fingerprint density at radius 2 is 1.78 bits per heavy atom. The molecule has 0 saturated heterocycles. The van der Waals surface area contributed by atoms with Crippen LogP contribution in [0, 0.1) is 6.92 Å². The molecule has 4 N–H and O–H groups in total. The summed E-state index contributed by atoms with van der Waals surface area (Å²) in [4.78, 5) is 12.5. The third-order valence-corrected chi connectivity index (χ3v) is 3.64. The summed E-state index contributed by atoms with van der Waals surface area (Å²) in [6, 6.07) is 11.2. The maximum Gasteiger partial charge on any atom is 0.160 e. The van der Waals surface area contributed by atoms with Crippen LogP contribution in [0.2, 0.25) is 5.02 Å². The largest absolute Gasteiger partial charge is 0.393 e. The van der Waals surface area contributed by atoms with Crippen LogP contribution in [0.5, 0.6) is 0 Å². The third-order valence-electron chi connectivity index (χ3n) is 3.23. The molecule has 0 unspecified atom stereocenters. The van der Waals surface area contributed by atoms with Gasteiger partial charge < -0.3 is 16.4 Å². The van der Waals surface area contributed by atoms with Gasteiger partial charge in [0.05, 0.1) is 0 Å². The van der Waals surface area contributed by atoms with Gasteiger partial charge in [0.2, 0.25) is 0 Å². The molecule has 2 aromatic heterocycles. The SMILES string of the molecule is Cc1ccc(Nc2ncnc(Nc3ccccn3)c2N)cc1Cl. The number of halogens is 1. The minimum atomic E-state index is 0.398. The van der Waals surface area contributed by atoms with Gasteiger partial charge in [-0.25, -0.2) is 15.0 Å². The van der Waals surface area contributed by atoms with Gasteiger partial charge in [0.25, 0.3) is 0 Å². The third kappa shape index (κ3) is 3.49. The molecule has 0 bridgehead atoms. The van der Waals surface area contributed by atoms with Crippen molar-refractivity contribution in [1.29, 1.82) is 0 Å². The Balaban J connectivity index is 1.86. The number of nitrogens with one attached hydrogen (secondary N) is 2. The van der Waals surface area contributed by atoms with Gasteiger partial charge in [0.15, 0.2) is 11.6 Å². The molecule has 6 nitrogen and oxygen atoms in total. The summed E-state index contributed by atoms with van der Waals surface area (Å²) in [6.45, 7) is 1.94. The molecule has 2 heterocycles. The zero-order valence-corrected chi connectivity index (χ0v) is 13.2. The summed E-state index contributed by atoms with van der Waals surface area (Å²) in [6.07, 6.45) is 3.12. The summed E-state index contributed by atoms with van der Waals surface area (Å²) in [5, 5.41) is 6.89. The second-order valence-corrected chi connectivity index (χ2v) is 5.32. The number of pyridine rings is 1. The standard InChI is InChI=1S/C16H15ClN6/c1-10-5-6-11(8-12(10)17)22-15-14(18)16(21-9-20-15)23-13-4-2-3-7-19-13/h2-9H,18H2,1H3,(H2,19,20,21,22,23). The molecule has 0 aliphatic carbocycles. The van der Waals surface area contributed by atoms with E-state index < -0.39 is 0 Å². The zero-order chi connectivity index (χ0) is 16.2. The van der Waals surface area contributed by atoms with Gasteiger partial charge in [-0.05, 0) is 36.8 Å². The topological polar surface area (TPSA) is 88.8 Å². The average Bonchev–Trinajstić information content (AvgIpc) is 2.56. The molecule has 116 valence electrons. The van der Waals surface area contributed by atoms with Gasteiger partial charge in [-0.15, -0.1) is 0 Å². The molecule has 3 rings (SSSR count). The van der Waals surface area contributed by atoms with E-state index >= 15 is 0 Å². The molecule has 23 heavy (non-hydrogen) atoms. The number of nitrogens with two attached hydrogens (primary N) is 1. The highest BCUT2D eigenvalue weighted by atomic mass is 35.5. The van der Waals surface area contributed by atoms with Gasteiger partial charge in [0, 0.05) is 16.9 Å². The van der Waals surface area contributed by atoms with Crippen LogP contribution >= 0.6 is 11.6 Å². The number of nitrogens with zero attached hydrogens (tertiary/aromatic N) is 3. The van der Waals surface area contributed by atoms with Crippen molar-refractivity contribution in [1.82, 2.24) is 15.0 Å². The number of nitrogen functional groups attached to an aromatic ring is 1. The first-order chi connectivity index (χ1) is 11.1. The van der Waals surface area contributed by atoms with Crippen molar-refractivity contribution in [3.63, 3.8) is 0 Å². The van der Waals surface area contributed by atoms with Gasteiger partial charge in [-0.2, -0.15) is 0 Å². The molecule has 0 atom stereocenters. The van der Waals surface area contributed by atoms with Gasteiger partial charge in [-0.3, -0.25) is 0 Å². The molecule has 0 fully saturated rings. The monoisotopic (exact) mass is 326 g/mol. The molecule has 3 aromatic rings. The molecule has 0 amide bonds. The molecule has 0 aliphatic rings. The molecule has 1 aromatic carbocycles. The van der Waals surface area contributed by atoms with Crippen LogP contribution < -0.4 is 16.4 Å². The molecule has 0 spiro atoms. The first-order valence-electron chi connectivity index (χ1n) is 6.95. The second kappa shape index (κ2) is 6.50. The van der Waals surface area contributed by atoms with Crippen molar-refractivity contribution in [3.8, 4) is 0 Å². The van der Waals surface area contributed by atoms with E-state index in [2.05, 4.69) is 25.6 Å². The Labute approximate surface area is 138 Å². The minimum Gasteiger partial charge on any atom is -0.393 e. The Bertz CT molecular complexity index is 822. The number of anilines is 5. The zero-order valence-electron chi connectivity index (χ0n) is 12.4. The lowest BCUT2D eigenvalue weighted by Gasteiger charge is -2.12. The summed E-state index contributed by atoms with van der Waals surface area (Å²) in [5.41, 5.74) is 8.34. The van der Waals surface area contributed by atoms with Crippen molar-refractivity contribution < 1.29 is 0 Å². The normalized spacial score (nSPS) is 10.3. The van der Waals surface area contributed by atoms with Crippen LogP contribution in [-0.4, -0.2) is 15.0 Å². The van der Waals surface area contributed by atoms with Crippen LogP contribution in [0.25, 0.3) is 0 Å². The van der Waals surface area contributed by atoms with Crippen LogP contribution in [-0.2, 0) is 0 Å². The fourth-order valence-electron chi connectivity index (χ4n) is 1.96. The number of aryl methyl sites for hydroxylation is 1. The highest BCUT2D eigenvalue weighted by molar-refractivity contribution is 6.31. The fourth-order valence-corrected chi connectivity index (χ4v) is 2.14. The van der Waals surface area contributed by atoms with Crippen molar-refractivity contribution in [2.24, 2.45) is 0 Å². The number of aromatic nitrogens is 3.